The number of hydrogen-bond donors (Lipinski definition) is 3. The van der Waals surface area contributed by atoms with Gasteiger partial charge in [-0.25, -0.2) is 5.43 Å². The number of anilines is 2. The van der Waals surface area contributed by atoms with Gasteiger partial charge in [-0.2, -0.15) is 0 Å². The molecule has 0 atom stereocenters. The maximum absolute atomic E-state index is 6.00. The summed E-state index contributed by atoms with van der Waals surface area (Å²) in [7, 11) is 1.41. The van der Waals surface area contributed by atoms with Gasteiger partial charge in [-0.3, -0.25) is 0 Å². The maximum Gasteiger partial charge on any atom is 0.494 e. The van der Waals surface area contributed by atoms with Crippen LogP contribution < -0.4 is 22.0 Å². The molecule has 0 spiro atoms. The third kappa shape index (κ3) is 6.48. The van der Waals surface area contributed by atoms with Gasteiger partial charge in [0.05, 0.1) is 22.6 Å². The smallest absolute Gasteiger partial charge is 0.399 e. The second-order valence-corrected chi connectivity index (χ2v) is 7.17. The van der Waals surface area contributed by atoms with Crippen molar-refractivity contribution in [2.45, 2.75) is 52.2 Å². The number of nitrogens with two attached hydrogens (primary N) is 1. The minimum Gasteiger partial charge on any atom is -0.399 e. The molecule has 146 valence electrons. The van der Waals surface area contributed by atoms with Gasteiger partial charge in [0.1, 0.15) is 0 Å². The van der Waals surface area contributed by atoms with Crippen LogP contribution in [0, 0.1) is 12.3 Å². The Balaban J connectivity index is 0.000000387. The van der Waals surface area contributed by atoms with Crippen LogP contribution in [0.1, 0.15) is 41.0 Å². The molecule has 0 bridgehead atoms. The number of terminal acetylenes is 1. The lowest BCUT2D eigenvalue weighted by molar-refractivity contribution is 0.00578. The van der Waals surface area contributed by atoms with E-state index in [4.69, 9.17) is 21.5 Å². The third-order valence-corrected chi connectivity index (χ3v) is 4.54. The zero-order chi connectivity index (χ0) is 20.5. The topological polar surface area (TPSA) is 68.5 Å². The number of rotatable bonds is 5. The van der Waals surface area contributed by atoms with Gasteiger partial charge in [0.15, 0.2) is 0 Å². The molecule has 1 aliphatic heterocycles. The molecule has 0 saturated carbocycles. The van der Waals surface area contributed by atoms with Crippen molar-refractivity contribution in [3.8, 4) is 12.3 Å². The lowest BCUT2D eigenvalue weighted by Crippen LogP contribution is -2.41. The first-order chi connectivity index (χ1) is 12.7. The second-order valence-electron chi connectivity index (χ2n) is 7.17. The molecular weight excluding hydrogens is 337 g/mol. The summed E-state index contributed by atoms with van der Waals surface area (Å²) in [5, 5.41) is 0. The number of hydrogen-bond acceptors (Lipinski definition) is 5. The first kappa shape index (κ1) is 22.8. The predicted octanol–water partition coefficient (Wildman–Crippen LogP) is 3.26. The Kier molecular flexibility index (Phi) is 8.65. The third-order valence-electron chi connectivity index (χ3n) is 4.54. The molecule has 27 heavy (non-hydrogen) atoms. The number of benzene rings is 1. The highest BCUT2D eigenvalue weighted by Crippen LogP contribution is 2.36. The Morgan fingerprint density at radius 2 is 1.81 bits per heavy atom. The summed E-state index contributed by atoms with van der Waals surface area (Å²) in [5.74, 6) is 2.39. The molecule has 6 heteroatoms. The summed E-state index contributed by atoms with van der Waals surface area (Å²) < 4.78 is 12.0. The van der Waals surface area contributed by atoms with Crippen LogP contribution in [0.3, 0.4) is 0 Å². The van der Waals surface area contributed by atoms with Gasteiger partial charge >= 0.3 is 7.12 Å². The van der Waals surface area contributed by atoms with Crippen LogP contribution in [0.25, 0.3) is 0 Å². The number of allylic oxidation sites excluding steroid dienone is 4. The minimum atomic E-state index is -0.379. The zero-order valence-electron chi connectivity index (χ0n) is 17.3. The number of nitrogen functional groups attached to an aromatic ring is 1. The van der Waals surface area contributed by atoms with E-state index >= 15 is 0 Å². The molecule has 1 aliphatic rings. The lowest BCUT2D eigenvalue weighted by atomic mass is 9.79. The highest BCUT2D eigenvalue weighted by Gasteiger charge is 2.51. The quantitative estimate of drug-likeness (QED) is 0.244. The average Bonchev–Trinajstić information content (AvgIpc) is 2.82. The molecular formula is C21H32BN3O2. The van der Waals surface area contributed by atoms with Crippen LogP contribution in [0.5, 0.6) is 0 Å². The van der Waals surface area contributed by atoms with Crippen molar-refractivity contribution in [2.24, 2.45) is 0 Å². The van der Waals surface area contributed by atoms with Gasteiger partial charge < -0.3 is 20.5 Å². The largest absolute Gasteiger partial charge is 0.494 e. The molecule has 1 saturated heterocycles. The van der Waals surface area contributed by atoms with E-state index in [1.807, 2.05) is 64.1 Å². The van der Waals surface area contributed by atoms with E-state index in [9.17, 15) is 0 Å². The summed E-state index contributed by atoms with van der Waals surface area (Å²) in [4.78, 5) is 0. The standard InChI is InChI=1S/C13H22BN3O2.C8H10/c1-12(2)13(3,4)19-14(18-12)9-6-7-11(17-16-5)10(15)8-9;1-3-5-7-8-6-4-2/h6-8,16-17H,15H2,1-5H3;1,5-8H,4H2,2H3/b;7-5-,8-6-. The van der Waals surface area contributed by atoms with E-state index in [1.165, 1.54) is 0 Å². The number of hydrazine groups is 1. The molecule has 1 fully saturated rings. The summed E-state index contributed by atoms with van der Waals surface area (Å²) in [6, 6.07) is 5.74. The van der Waals surface area contributed by atoms with Crippen LogP contribution in [-0.4, -0.2) is 25.4 Å². The van der Waals surface area contributed by atoms with E-state index in [2.05, 4.69) is 23.7 Å². The molecule has 1 aromatic rings. The molecule has 0 radical (unpaired) electrons. The van der Waals surface area contributed by atoms with E-state index in [-0.39, 0.29) is 18.3 Å². The van der Waals surface area contributed by atoms with Crippen molar-refractivity contribution in [3.63, 3.8) is 0 Å². The van der Waals surface area contributed by atoms with Crippen LogP contribution in [0.4, 0.5) is 11.4 Å². The van der Waals surface area contributed by atoms with Gasteiger partial charge in [0, 0.05) is 7.05 Å². The molecule has 0 aromatic heterocycles. The van der Waals surface area contributed by atoms with Crippen LogP contribution in [0.15, 0.2) is 42.5 Å². The normalized spacial score (nSPS) is 17.6. The van der Waals surface area contributed by atoms with Gasteiger partial charge in [0.2, 0.25) is 0 Å². The molecule has 1 aromatic carbocycles. The Labute approximate surface area is 164 Å². The van der Waals surface area contributed by atoms with E-state index in [0.29, 0.717) is 5.69 Å². The lowest BCUT2D eigenvalue weighted by Gasteiger charge is -2.32. The second kappa shape index (κ2) is 10.2. The van der Waals surface area contributed by atoms with Crippen LogP contribution in [0.2, 0.25) is 0 Å². The highest BCUT2D eigenvalue weighted by molar-refractivity contribution is 6.62. The van der Waals surface area contributed by atoms with Gasteiger partial charge in [0.25, 0.3) is 0 Å². The fourth-order valence-electron chi connectivity index (χ4n) is 2.28. The maximum atomic E-state index is 6.00. The van der Waals surface area contributed by atoms with Crippen molar-refractivity contribution in [2.75, 3.05) is 18.2 Å². The van der Waals surface area contributed by atoms with Crippen molar-refractivity contribution in [1.29, 1.82) is 0 Å². The average molecular weight is 369 g/mol. The van der Waals surface area contributed by atoms with Gasteiger partial charge in [-0.05, 0) is 57.8 Å². The molecule has 5 nitrogen and oxygen atoms in total. The van der Waals surface area contributed by atoms with Crippen molar-refractivity contribution in [1.82, 2.24) is 5.43 Å². The van der Waals surface area contributed by atoms with E-state index in [0.717, 1.165) is 17.6 Å². The minimum absolute atomic E-state index is 0.339. The fraction of sp³-hybridized carbons (Fsp3) is 0.429. The Morgan fingerprint density at radius 3 is 2.30 bits per heavy atom. The monoisotopic (exact) mass is 369 g/mol. The molecule has 0 amide bonds. The van der Waals surface area contributed by atoms with E-state index in [1.54, 1.807) is 13.1 Å². The Bertz CT molecular complexity index is 690. The zero-order valence-corrected chi connectivity index (χ0v) is 17.3. The van der Waals surface area contributed by atoms with E-state index < -0.39 is 0 Å². The summed E-state index contributed by atoms with van der Waals surface area (Å²) in [5.41, 5.74) is 13.6. The SMILES string of the molecule is C#C/C=C\C=C/CC.CNNc1ccc(B2OC(C)(C)C(C)(C)O2)cc1N. The predicted molar refractivity (Wildman–Crippen MR) is 117 cm³/mol. The fourth-order valence-corrected chi connectivity index (χ4v) is 2.28. The Hall–Kier alpha value is -2.20. The van der Waals surface area contributed by atoms with Crippen molar-refractivity contribution in [3.05, 3.63) is 42.5 Å². The van der Waals surface area contributed by atoms with Crippen molar-refractivity contribution >= 4 is 24.0 Å². The first-order valence-electron chi connectivity index (χ1n) is 9.14. The molecule has 0 aliphatic carbocycles. The van der Waals surface area contributed by atoms with Crippen LogP contribution >= 0.6 is 0 Å². The van der Waals surface area contributed by atoms with Crippen LogP contribution in [-0.2, 0) is 9.31 Å². The molecule has 0 unspecified atom stereocenters. The molecule has 2 rings (SSSR count). The summed E-state index contributed by atoms with van der Waals surface area (Å²) in [6.07, 6.45) is 13.5. The molecule has 4 N–H and O–H groups in total. The number of nitrogens with one attached hydrogen (secondary N) is 2. The van der Waals surface area contributed by atoms with Gasteiger partial charge in [-0.15, -0.1) is 6.42 Å². The summed E-state index contributed by atoms with van der Waals surface area (Å²) in [6.45, 7) is 10.2. The first-order valence-corrected chi connectivity index (χ1v) is 9.14. The summed E-state index contributed by atoms with van der Waals surface area (Å²) >= 11 is 0. The van der Waals surface area contributed by atoms with Crippen molar-refractivity contribution < 1.29 is 9.31 Å². The molecule has 1 heterocycles. The van der Waals surface area contributed by atoms with Gasteiger partial charge in [-0.1, -0.05) is 37.1 Å². The highest BCUT2D eigenvalue weighted by atomic mass is 16.7. The Morgan fingerprint density at radius 1 is 1.19 bits per heavy atom.